The maximum absolute atomic E-state index is 13.0. The van der Waals surface area contributed by atoms with Crippen molar-refractivity contribution in [2.24, 2.45) is 0 Å². The first-order valence-corrected chi connectivity index (χ1v) is 36.5. The van der Waals surface area contributed by atoms with Gasteiger partial charge in [-0.1, -0.05) is 353 Å². The van der Waals surface area contributed by atoms with Gasteiger partial charge in [-0.2, -0.15) is 0 Å². The molecule has 1 unspecified atom stereocenters. The first-order chi connectivity index (χ1) is 40.0. The predicted octanol–water partition coefficient (Wildman–Crippen LogP) is 25.1. The molecule has 0 aliphatic rings. The van der Waals surface area contributed by atoms with Crippen LogP contribution in [0.3, 0.4) is 0 Å². The van der Waals surface area contributed by atoms with Gasteiger partial charge in [0, 0.05) is 19.3 Å². The van der Waals surface area contributed by atoms with Crippen LogP contribution >= 0.6 is 0 Å². The molecule has 6 heteroatoms. The Morgan fingerprint density at radius 3 is 0.741 bits per heavy atom. The van der Waals surface area contributed by atoms with Gasteiger partial charge < -0.3 is 14.2 Å². The fourth-order valence-corrected chi connectivity index (χ4v) is 11.1. The number of carbonyl (C=O) groups excluding carboxylic acids is 3. The summed E-state index contributed by atoms with van der Waals surface area (Å²) in [5.41, 5.74) is 0. The Bertz CT molecular complexity index is 1350. The van der Waals surface area contributed by atoms with Crippen molar-refractivity contribution in [3.05, 3.63) is 36.5 Å². The SMILES string of the molecule is CCC/C=C\C/C=C\CCCCCCCC(=O)OCC(COC(=O)CCCCCCCCCCCCCCCCCCCCCCCCCCCCC)OC(=O)CCCCCCCCCCCCC/C=C\CCCCCCCCCC. The molecular weight excluding hydrogens is 997 g/mol. The van der Waals surface area contributed by atoms with E-state index < -0.39 is 6.10 Å². The highest BCUT2D eigenvalue weighted by molar-refractivity contribution is 5.71. The number of rotatable bonds is 68. The Morgan fingerprint density at radius 1 is 0.247 bits per heavy atom. The number of unbranched alkanes of at least 4 members (excludes halogenated alkanes) is 51. The number of hydrogen-bond acceptors (Lipinski definition) is 6. The van der Waals surface area contributed by atoms with Gasteiger partial charge in [0.05, 0.1) is 0 Å². The standard InChI is InChI=1S/C75H140O6/c1-4-7-10-13-16-19-22-25-27-29-31-33-35-36-37-38-40-41-43-45-47-50-53-56-59-62-65-68-74(77)80-71-72(70-79-73(76)67-64-61-58-55-52-49-24-21-18-15-12-9-6-3)81-75(78)69-66-63-60-57-54-51-48-46-44-42-39-34-32-30-28-26-23-20-17-14-11-8-5-2/h12,15,21,24,30,32,72H,4-11,13-14,16-20,22-23,25-29,31,33-71H2,1-3H3/b15-12-,24-21-,32-30-. The van der Waals surface area contributed by atoms with Crippen LogP contribution in [0.4, 0.5) is 0 Å². The summed E-state index contributed by atoms with van der Waals surface area (Å²) < 4.78 is 17.0. The van der Waals surface area contributed by atoms with E-state index in [0.717, 1.165) is 83.5 Å². The Kier molecular flexibility index (Phi) is 68.1. The van der Waals surface area contributed by atoms with Crippen LogP contribution in [0.25, 0.3) is 0 Å². The van der Waals surface area contributed by atoms with Crippen LogP contribution in [0.2, 0.25) is 0 Å². The number of carbonyl (C=O) groups is 3. The molecule has 0 N–H and O–H groups in total. The van der Waals surface area contributed by atoms with Crippen LogP contribution in [-0.2, 0) is 28.6 Å². The van der Waals surface area contributed by atoms with Crippen molar-refractivity contribution < 1.29 is 28.6 Å². The van der Waals surface area contributed by atoms with E-state index in [-0.39, 0.29) is 31.1 Å². The van der Waals surface area contributed by atoms with Gasteiger partial charge in [-0.05, 0) is 70.6 Å². The van der Waals surface area contributed by atoms with Crippen LogP contribution in [0, 0.1) is 0 Å². The van der Waals surface area contributed by atoms with Gasteiger partial charge in [-0.3, -0.25) is 14.4 Å². The zero-order chi connectivity index (χ0) is 58.5. The molecule has 0 fully saturated rings. The highest BCUT2D eigenvalue weighted by atomic mass is 16.6. The van der Waals surface area contributed by atoms with Crippen molar-refractivity contribution in [2.45, 2.75) is 412 Å². The van der Waals surface area contributed by atoms with Crippen molar-refractivity contribution in [1.29, 1.82) is 0 Å². The Labute approximate surface area is 506 Å². The maximum atomic E-state index is 13.0. The second-order valence-corrected chi connectivity index (χ2v) is 24.9. The highest BCUT2D eigenvalue weighted by Crippen LogP contribution is 2.19. The zero-order valence-electron chi connectivity index (χ0n) is 54.8. The Hall–Kier alpha value is -2.37. The molecule has 0 saturated carbocycles. The molecule has 0 aliphatic heterocycles. The summed E-state index contributed by atoms with van der Waals surface area (Å²) in [6.45, 7) is 6.64. The number of esters is 3. The highest BCUT2D eigenvalue weighted by Gasteiger charge is 2.19. The quantitative estimate of drug-likeness (QED) is 0.0261. The molecule has 0 spiro atoms. The van der Waals surface area contributed by atoms with Crippen LogP contribution < -0.4 is 0 Å². The summed E-state index contributed by atoms with van der Waals surface area (Å²) >= 11 is 0. The first kappa shape index (κ1) is 78.6. The Morgan fingerprint density at radius 2 is 0.469 bits per heavy atom. The van der Waals surface area contributed by atoms with E-state index in [1.54, 1.807) is 0 Å². The van der Waals surface area contributed by atoms with Crippen LogP contribution in [-0.4, -0.2) is 37.2 Å². The minimum Gasteiger partial charge on any atom is -0.462 e. The second kappa shape index (κ2) is 70.1. The minimum absolute atomic E-state index is 0.0721. The first-order valence-electron chi connectivity index (χ1n) is 36.5. The molecule has 0 aromatic carbocycles. The molecule has 0 aliphatic carbocycles. The summed E-state index contributed by atoms with van der Waals surface area (Å²) in [5, 5.41) is 0. The van der Waals surface area contributed by atoms with E-state index >= 15 is 0 Å². The summed E-state index contributed by atoms with van der Waals surface area (Å²) in [6.07, 6.45) is 87.6. The van der Waals surface area contributed by atoms with E-state index in [2.05, 4.69) is 57.2 Å². The lowest BCUT2D eigenvalue weighted by Gasteiger charge is -2.18. The van der Waals surface area contributed by atoms with Gasteiger partial charge in [-0.25, -0.2) is 0 Å². The van der Waals surface area contributed by atoms with E-state index in [0.29, 0.717) is 19.3 Å². The minimum atomic E-state index is -0.777. The topological polar surface area (TPSA) is 78.9 Å². The van der Waals surface area contributed by atoms with Crippen molar-refractivity contribution in [2.75, 3.05) is 13.2 Å². The summed E-state index contributed by atoms with van der Waals surface area (Å²) in [7, 11) is 0. The van der Waals surface area contributed by atoms with E-state index in [9.17, 15) is 14.4 Å². The van der Waals surface area contributed by atoms with Gasteiger partial charge in [0.1, 0.15) is 13.2 Å². The molecule has 6 nitrogen and oxygen atoms in total. The predicted molar refractivity (Wildman–Crippen MR) is 353 cm³/mol. The lowest BCUT2D eigenvalue weighted by molar-refractivity contribution is -0.167. The molecule has 0 bridgehead atoms. The molecule has 0 aromatic rings. The van der Waals surface area contributed by atoms with E-state index in [1.165, 1.54) is 283 Å². The van der Waals surface area contributed by atoms with E-state index in [4.69, 9.17) is 14.2 Å². The molecule has 0 aromatic heterocycles. The molecule has 81 heavy (non-hydrogen) atoms. The number of ether oxygens (including phenoxy) is 3. The van der Waals surface area contributed by atoms with Gasteiger partial charge in [0.2, 0.25) is 0 Å². The summed E-state index contributed by atoms with van der Waals surface area (Å²) in [6, 6.07) is 0. The monoisotopic (exact) mass is 1140 g/mol. The Balaban J connectivity index is 4.20. The molecule has 0 saturated heterocycles. The molecule has 0 rings (SSSR count). The van der Waals surface area contributed by atoms with Crippen LogP contribution in [0.1, 0.15) is 406 Å². The molecule has 0 heterocycles. The third kappa shape index (κ3) is 68.3. The third-order valence-corrected chi connectivity index (χ3v) is 16.6. The van der Waals surface area contributed by atoms with Gasteiger partial charge in [-0.15, -0.1) is 0 Å². The van der Waals surface area contributed by atoms with Gasteiger partial charge >= 0.3 is 17.9 Å². The van der Waals surface area contributed by atoms with E-state index in [1.807, 2.05) is 0 Å². The fraction of sp³-hybridized carbons (Fsp3) is 0.880. The normalized spacial score (nSPS) is 12.2. The van der Waals surface area contributed by atoms with Gasteiger partial charge in [0.25, 0.3) is 0 Å². The molecule has 1 atom stereocenters. The zero-order valence-corrected chi connectivity index (χ0v) is 54.8. The lowest BCUT2D eigenvalue weighted by atomic mass is 10.0. The van der Waals surface area contributed by atoms with Crippen molar-refractivity contribution in [1.82, 2.24) is 0 Å². The van der Waals surface area contributed by atoms with Crippen molar-refractivity contribution in [3.8, 4) is 0 Å². The molecule has 476 valence electrons. The van der Waals surface area contributed by atoms with Crippen molar-refractivity contribution in [3.63, 3.8) is 0 Å². The summed E-state index contributed by atoms with van der Waals surface area (Å²) in [5.74, 6) is -0.859. The maximum Gasteiger partial charge on any atom is 0.306 e. The fourth-order valence-electron chi connectivity index (χ4n) is 11.1. The number of hydrogen-bond donors (Lipinski definition) is 0. The van der Waals surface area contributed by atoms with Crippen molar-refractivity contribution >= 4 is 17.9 Å². The molecule has 0 amide bonds. The largest absolute Gasteiger partial charge is 0.462 e. The lowest BCUT2D eigenvalue weighted by Crippen LogP contribution is -2.30. The molecular formula is C75H140O6. The smallest absolute Gasteiger partial charge is 0.306 e. The second-order valence-electron chi connectivity index (χ2n) is 24.9. The van der Waals surface area contributed by atoms with Gasteiger partial charge in [0.15, 0.2) is 6.10 Å². The van der Waals surface area contributed by atoms with Crippen LogP contribution in [0.5, 0.6) is 0 Å². The average Bonchev–Trinajstić information content (AvgIpc) is 3.46. The van der Waals surface area contributed by atoms with Crippen LogP contribution in [0.15, 0.2) is 36.5 Å². The number of allylic oxidation sites excluding steroid dienone is 6. The third-order valence-electron chi connectivity index (χ3n) is 16.6. The molecule has 0 radical (unpaired) electrons. The summed E-state index contributed by atoms with van der Waals surface area (Å²) in [4.78, 5) is 38.4. The average molecular weight is 1140 g/mol.